The average molecular weight is 519 g/mol. The van der Waals surface area contributed by atoms with Crippen LogP contribution in [0.2, 0.25) is 5.02 Å². The molecular weight excluding hydrogens is 500 g/mol. The molecule has 1 aromatic heterocycles. The Kier molecular flexibility index (Phi) is 6.07. The van der Waals surface area contributed by atoms with Crippen molar-refractivity contribution in [3.8, 4) is 0 Å². The number of alkyl halides is 3. The highest BCUT2D eigenvalue weighted by molar-refractivity contribution is 6.30. The van der Waals surface area contributed by atoms with Gasteiger partial charge in [0.15, 0.2) is 0 Å². The number of hydrogen-bond donors (Lipinski definition) is 0. The molecule has 2 aliphatic heterocycles. The molecule has 0 atom stereocenters. The van der Waals surface area contributed by atoms with Crippen LogP contribution in [0.5, 0.6) is 0 Å². The predicted octanol–water partition coefficient (Wildman–Crippen LogP) is 5.02. The number of rotatable bonds is 3. The van der Waals surface area contributed by atoms with E-state index in [1.165, 1.54) is 4.90 Å². The summed E-state index contributed by atoms with van der Waals surface area (Å²) in [5, 5.41) is 0.563. The number of pyridine rings is 1. The van der Waals surface area contributed by atoms with Gasteiger partial charge in [0.25, 0.3) is 11.8 Å². The Labute approximate surface area is 208 Å². The highest BCUT2D eigenvalue weighted by atomic mass is 35.5. The van der Waals surface area contributed by atoms with E-state index in [9.17, 15) is 27.2 Å². The maximum Gasteiger partial charge on any atom is 0.417 e. The maximum absolute atomic E-state index is 13.6. The van der Waals surface area contributed by atoms with Gasteiger partial charge in [-0.3, -0.25) is 9.59 Å². The zero-order valence-electron chi connectivity index (χ0n) is 18.7. The number of aromatic nitrogens is 1. The Bertz CT molecular complexity index is 1340. The summed E-state index contributed by atoms with van der Waals surface area (Å²) in [5.74, 6) is -1.99. The van der Waals surface area contributed by atoms with Crippen LogP contribution in [0.15, 0.2) is 54.7 Å². The number of halogens is 5. The largest absolute Gasteiger partial charge is 0.417 e. The van der Waals surface area contributed by atoms with Crippen molar-refractivity contribution in [1.82, 2.24) is 9.88 Å². The van der Waals surface area contributed by atoms with Crippen molar-refractivity contribution in [3.05, 3.63) is 88.0 Å². The van der Waals surface area contributed by atoms with E-state index in [-0.39, 0.29) is 19.0 Å². The zero-order valence-corrected chi connectivity index (χ0v) is 19.5. The van der Waals surface area contributed by atoms with Gasteiger partial charge in [0.05, 0.1) is 29.6 Å². The second-order valence-electron chi connectivity index (χ2n) is 8.54. The lowest BCUT2D eigenvalue weighted by atomic mass is 10.0. The van der Waals surface area contributed by atoms with Gasteiger partial charge in [-0.2, -0.15) is 13.2 Å². The minimum atomic E-state index is -4.77. The van der Waals surface area contributed by atoms with Crippen LogP contribution in [0.25, 0.3) is 0 Å². The molecule has 6 nitrogen and oxygen atoms in total. The number of hydrogen-bond acceptors (Lipinski definition) is 4. The zero-order chi connectivity index (χ0) is 25.6. The third kappa shape index (κ3) is 4.48. The normalized spacial score (nSPS) is 15.9. The number of nitrogens with zero attached hydrogens (tertiary/aromatic N) is 4. The number of benzene rings is 2. The van der Waals surface area contributed by atoms with Crippen LogP contribution in [-0.2, 0) is 12.7 Å². The van der Waals surface area contributed by atoms with Crippen molar-refractivity contribution in [2.24, 2.45) is 0 Å². The van der Waals surface area contributed by atoms with Crippen LogP contribution in [0.4, 0.5) is 28.9 Å². The molecule has 36 heavy (non-hydrogen) atoms. The van der Waals surface area contributed by atoms with Crippen molar-refractivity contribution < 1.29 is 27.2 Å². The molecule has 5 rings (SSSR count). The SMILES string of the molecule is O=C(c1cc(F)ccc1C(F)(F)F)N1CCN(c2cnc3c(c2)CN(c2ccc(Cl)cc2)C3=O)CC1. The minimum absolute atomic E-state index is 0.152. The maximum atomic E-state index is 13.6. The van der Waals surface area contributed by atoms with E-state index in [0.717, 1.165) is 11.3 Å². The van der Waals surface area contributed by atoms with Crippen LogP contribution < -0.4 is 9.80 Å². The first-order chi connectivity index (χ1) is 17.1. The van der Waals surface area contributed by atoms with Gasteiger partial charge in [0, 0.05) is 42.5 Å². The summed E-state index contributed by atoms with van der Waals surface area (Å²) in [6, 6.07) is 10.7. The molecule has 2 aliphatic rings. The van der Waals surface area contributed by atoms with Crippen LogP contribution in [0.3, 0.4) is 0 Å². The molecule has 0 saturated carbocycles. The molecule has 3 heterocycles. The number of anilines is 2. The fourth-order valence-electron chi connectivity index (χ4n) is 4.46. The van der Waals surface area contributed by atoms with Crippen LogP contribution in [0.1, 0.15) is 32.0 Å². The first kappa shape index (κ1) is 24.1. The van der Waals surface area contributed by atoms with Gasteiger partial charge in [0.1, 0.15) is 11.5 Å². The summed E-state index contributed by atoms with van der Waals surface area (Å²) in [6.45, 7) is 1.34. The Morgan fingerprint density at radius 2 is 1.64 bits per heavy atom. The molecule has 3 aromatic rings. The van der Waals surface area contributed by atoms with E-state index in [1.54, 1.807) is 35.4 Å². The van der Waals surface area contributed by atoms with Gasteiger partial charge >= 0.3 is 6.18 Å². The summed E-state index contributed by atoms with van der Waals surface area (Å²) in [6.07, 6.45) is -3.19. The topological polar surface area (TPSA) is 56.8 Å². The van der Waals surface area contributed by atoms with E-state index in [2.05, 4.69) is 4.98 Å². The molecule has 0 spiro atoms. The molecule has 0 bridgehead atoms. The monoisotopic (exact) mass is 518 g/mol. The lowest BCUT2D eigenvalue weighted by Gasteiger charge is -2.36. The Morgan fingerprint density at radius 3 is 2.31 bits per heavy atom. The fraction of sp³-hybridized carbons (Fsp3) is 0.240. The lowest BCUT2D eigenvalue weighted by Crippen LogP contribution is -2.49. The van der Waals surface area contributed by atoms with Crippen molar-refractivity contribution in [3.63, 3.8) is 0 Å². The molecule has 0 unspecified atom stereocenters. The molecule has 1 fully saturated rings. The summed E-state index contributed by atoms with van der Waals surface area (Å²) in [7, 11) is 0. The quantitative estimate of drug-likeness (QED) is 0.457. The average Bonchev–Trinajstić information content (AvgIpc) is 3.19. The van der Waals surface area contributed by atoms with E-state index in [0.29, 0.717) is 54.2 Å². The van der Waals surface area contributed by atoms with Crippen LogP contribution in [-0.4, -0.2) is 47.9 Å². The predicted molar refractivity (Wildman–Crippen MR) is 126 cm³/mol. The standard InChI is InChI=1S/C25H19ClF4N4O2/c26-16-1-4-18(5-2-16)34-14-15-11-19(13-31-22(15)24(34)36)32-7-9-33(10-8-32)23(35)20-12-17(27)3-6-21(20)25(28,29)30/h1-6,11-13H,7-10,14H2. The van der Waals surface area contributed by atoms with Crippen molar-refractivity contribution >= 4 is 34.8 Å². The first-order valence-electron chi connectivity index (χ1n) is 11.1. The van der Waals surface area contributed by atoms with Crippen LogP contribution >= 0.6 is 11.6 Å². The number of carbonyl (C=O) groups excluding carboxylic acids is 2. The molecule has 186 valence electrons. The van der Waals surface area contributed by atoms with E-state index in [1.807, 2.05) is 11.0 Å². The third-order valence-corrected chi connectivity index (χ3v) is 6.57. The van der Waals surface area contributed by atoms with Crippen molar-refractivity contribution in [2.45, 2.75) is 12.7 Å². The lowest BCUT2D eigenvalue weighted by molar-refractivity contribution is -0.138. The summed E-state index contributed by atoms with van der Waals surface area (Å²) in [4.78, 5) is 34.8. The van der Waals surface area contributed by atoms with E-state index < -0.39 is 29.0 Å². The molecule has 0 aliphatic carbocycles. The number of fused-ring (bicyclic) bond motifs is 1. The van der Waals surface area contributed by atoms with E-state index in [4.69, 9.17) is 11.6 Å². The second kappa shape index (κ2) is 9.09. The molecule has 0 radical (unpaired) electrons. The van der Waals surface area contributed by atoms with E-state index >= 15 is 0 Å². The van der Waals surface area contributed by atoms with Crippen molar-refractivity contribution in [1.29, 1.82) is 0 Å². The fourth-order valence-corrected chi connectivity index (χ4v) is 4.59. The summed E-state index contributed by atoms with van der Waals surface area (Å²) >= 11 is 5.94. The van der Waals surface area contributed by atoms with Gasteiger partial charge in [-0.15, -0.1) is 0 Å². The Balaban J connectivity index is 1.29. The summed E-state index contributed by atoms with van der Waals surface area (Å²) in [5.41, 5.74) is 0.693. The number of carbonyl (C=O) groups is 2. The minimum Gasteiger partial charge on any atom is -0.367 e. The number of amides is 2. The molecular formula is C25H19ClF4N4O2. The summed E-state index contributed by atoms with van der Waals surface area (Å²) < 4.78 is 53.7. The molecule has 2 aromatic carbocycles. The van der Waals surface area contributed by atoms with Crippen LogP contribution in [0, 0.1) is 5.82 Å². The first-order valence-corrected chi connectivity index (χ1v) is 11.5. The highest BCUT2D eigenvalue weighted by Crippen LogP contribution is 2.34. The number of piperazine rings is 1. The molecule has 2 amide bonds. The molecule has 11 heteroatoms. The second-order valence-corrected chi connectivity index (χ2v) is 8.97. The van der Waals surface area contributed by atoms with Gasteiger partial charge in [-0.1, -0.05) is 11.6 Å². The van der Waals surface area contributed by atoms with Crippen molar-refractivity contribution in [2.75, 3.05) is 36.0 Å². The van der Waals surface area contributed by atoms with Gasteiger partial charge < -0.3 is 14.7 Å². The smallest absolute Gasteiger partial charge is 0.367 e. The third-order valence-electron chi connectivity index (χ3n) is 6.32. The van der Waals surface area contributed by atoms with Gasteiger partial charge in [0.2, 0.25) is 0 Å². The molecule has 1 saturated heterocycles. The molecule has 0 N–H and O–H groups in total. The highest BCUT2D eigenvalue weighted by Gasteiger charge is 2.37. The van der Waals surface area contributed by atoms with Gasteiger partial charge in [-0.05, 0) is 48.5 Å². The Morgan fingerprint density at radius 1 is 0.944 bits per heavy atom. The Hall–Kier alpha value is -3.66. The van der Waals surface area contributed by atoms with Gasteiger partial charge in [-0.25, -0.2) is 9.37 Å².